The Morgan fingerprint density at radius 2 is 2.35 bits per heavy atom. The van der Waals surface area contributed by atoms with Crippen molar-refractivity contribution in [1.82, 2.24) is 9.30 Å². The molecule has 3 rings (SSSR count). The van der Waals surface area contributed by atoms with Crippen molar-refractivity contribution in [1.29, 1.82) is 5.26 Å². The van der Waals surface area contributed by atoms with Gasteiger partial charge < -0.3 is 14.2 Å². The van der Waals surface area contributed by atoms with Gasteiger partial charge in [0.15, 0.2) is 0 Å². The second-order valence-electron chi connectivity index (χ2n) is 5.02. The minimum absolute atomic E-state index is 0.0123. The summed E-state index contributed by atoms with van der Waals surface area (Å²) in [6.07, 6.45) is 3.94. The molecule has 1 atom stereocenters. The third-order valence-corrected chi connectivity index (χ3v) is 3.81. The zero-order valence-electron chi connectivity index (χ0n) is 11.2. The van der Waals surface area contributed by atoms with Crippen molar-refractivity contribution in [2.24, 2.45) is 0 Å². The Hall–Kier alpha value is -1.87. The number of hydrogen-bond acceptors (Lipinski definition) is 4. The first kappa shape index (κ1) is 13.1. The highest BCUT2D eigenvalue weighted by atomic mass is 16.5. The molecule has 0 saturated carbocycles. The van der Waals surface area contributed by atoms with Crippen LogP contribution in [-0.2, 0) is 11.3 Å². The van der Waals surface area contributed by atoms with Crippen LogP contribution in [0.25, 0.3) is 5.52 Å². The highest BCUT2D eigenvalue weighted by Gasteiger charge is 2.24. The molecule has 1 aliphatic heterocycles. The number of morpholine rings is 1. The number of ether oxygens (including phenoxy) is 1. The summed E-state index contributed by atoms with van der Waals surface area (Å²) < 4.78 is 7.36. The first-order valence-electron chi connectivity index (χ1n) is 6.75. The number of aromatic nitrogens is 1. The SMILES string of the molecule is N#Cc1c(CN2CCOCC2CO)cn2ccccc12. The molecule has 2 aromatic rings. The standard InChI is InChI=1S/C15H17N3O2/c16-7-14-12(9-18-4-2-1-3-15(14)18)8-17-5-6-20-11-13(17)10-19/h1-4,9,13,19H,5-6,8,10-11H2. The van der Waals surface area contributed by atoms with E-state index in [0.29, 0.717) is 25.3 Å². The van der Waals surface area contributed by atoms with Gasteiger partial charge in [-0.05, 0) is 12.1 Å². The molecule has 1 saturated heterocycles. The molecule has 5 nitrogen and oxygen atoms in total. The summed E-state index contributed by atoms with van der Waals surface area (Å²) in [5.41, 5.74) is 2.65. The van der Waals surface area contributed by atoms with E-state index in [9.17, 15) is 10.4 Å². The first-order valence-corrected chi connectivity index (χ1v) is 6.75. The van der Waals surface area contributed by atoms with E-state index in [1.807, 2.05) is 35.0 Å². The largest absolute Gasteiger partial charge is 0.395 e. The van der Waals surface area contributed by atoms with Crippen molar-refractivity contribution in [2.75, 3.05) is 26.4 Å². The lowest BCUT2D eigenvalue weighted by molar-refractivity contribution is -0.0312. The third-order valence-electron chi connectivity index (χ3n) is 3.81. The van der Waals surface area contributed by atoms with Crippen LogP contribution in [0.4, 0.5) is 0 Å². The minimum atomic E-state index is 0.0123. The average Bonchev–Trinajstić information content (AvgIpc) is 2.85. The minimum Gasteiger partial charge on any atom is -0.395 e. The molecule has 1 N–H and O–H groups in total. The molecule has 104 valence electrons. The van der Waals surface area contributed by atoms with Gasteiger partial charge in [0.1, 0.15) is 6.07 Å². The van der Waals surface area contributed by atoms with Gasteiger partial charge >= 0.3 is 0 Å². The van der Waals surface area contributed by atoms with Gasteiger partial charge in [-0.15, -0.1) is 0 Å². The highest BCUT2D eigenvalue weighted by molar-refractivity contribution is 5.65. The maximum Gasteiger partial charge on any atom is 0.102 e. The van der Waals surface area contributed by atoms with Gasteiger partial charge in [-0.3, -0.25) is 4.90 Å². The van der Waals surface area contributed by atoms with Crippen LogP contribution < -0.4 is 0 Å². The normalized spacial score (nSPS) is 20.1. The quantitative estimate of drug-likeness (QED) is 0.905. The molecule has 0 aliphatic carbocycles. The van der Waals surface area contributed by atoms with E-state index >= 15 is 0 Å². The Balaban J connectivity index is 1.92. The van der Waals surface area contributed by atoms with Crippen molar-refractivity contribution in [3.05, 3.63) is 41.7 Å². The van der Waals surface area contributed by atoms with Crippen LogP contribution in [-0.4, -0.2) is 46.8 Å². The molecule has 1 aliphatic rings. The number of aliphatic hydroxyl groups excluding tert-OH is 1. The van der Waals surface area contributed by atoms with Crippen molar-refractivity contribution < 1.29 is 9.84 Å². The number of fused-ring (bicyclic) bond motifs is 1. The fraction of sp³-hybridized carbons (Fsp3) is 0.400. The van der Waals surface area contributed by atoms with Crippen LogP contribution in [0.1, 0.15) is 11.1 Å². The zero-order chi connectivity index (χ0) is 13.9. The van der Waals surface area contributed by atoms with Crippen molar-refractivity contribution in [3.63, 3.8) is 0 Å². The Bertz CT molecular complexity index is 644. The van der Waals surface area contributed by atoms with E-state index in [4.69, 9.17) is 4.74 Å². The molecule has 0 aromatic carbocycles. The van der Waals surface area contributed by atoms with Crippen LogP contribution in [0.2, 0.25) is 0 Å². The summed E-state index contributed by atoms with van der Waals surface area (Å²) in [6.45, 7) is 2.74. The molecule has 20 heavy (non-hydrogen) atoms. The fourth-order valence-corrected chi connectivity index (χ4v) is 2.71. The second-order valence-corrected chi connectivity index (χ2v) is 5.02. The van der Waals surface area contributed by atoms with E-state index < -0.39 is 0 Å². The van der Waals surface area contributed by atoms with E-state index in [2.05, 4.69) is 11.0 Å². The fourth-order valence-electron chi connectivity index (χ4n) is 2.71. The Morgan fingerprint density at radius 3 is 3.15 bits per heavy atom. The molecule has 3 heterocycles. The lowest BCUT2D eigenvalue weighted by atomic mass is 10.1. The monoisotopic (exact) mass is 271 g/mol. The molecule has 1 fully saturated rings. The summed E-state index contributed by atoms with van der Waals surface area (Å²) in [5.74, 6) is 0. The highest BCUT2D eigenvalue weighted by Crippen LogP contribution is 2.21. The van der Waals surface area contributed by atoms with E-state index in [1.165, 1.54) is 0 Å². The lowest BCUT2D eigenvalue weighted by Crippen LogP contribution is -2.46. The Labute approximate surface area is 117 Å². The Morgan fingerprint density at radius 1 is 1.45 bits per heavy atom. The van der Waals surface area contributed by atoms with Crippen LogP contribution in [0.15, 0.2) is 30.6 Å². The van der Waals surface area contributed by atoms with Gasteiger partial charge in [0.05, 0.1) is 36.9 Å². The van der Waals surface area contributed by atoms with Crippen LogP contribution >= 0.6 is 0 Å². The predicted molar refractivity (Wildman–Crippen MR) is 74.2 cm³/mol. The van der Waals surface area contributed by atoms with Gasteiger partial charge in [0.25, 0.3) is 0 Å². The smallest absolute Gasteiger partial charge is 0.102 e. The number of hydrogen-bond donors (Lipinski definition) is 1. The molecule has 1 unspecified atom stereocenters. The van der Waals surface area contributed by atoms with Gasteiger partial charge in [-0.1, -0.05) is 6.07 Å². The maximum atomic E-state index is 9.41. The van der Waals surface area contributed by atoms with E-state index in [0.717, 1.165) is 17.6 Å². The predicted octanol–water partition coefficient (Wildman–Crippen LogP) is 1.00. The van der Waals surface area contributed by atoms with E-state index in [1.54, 1.807) is 0 Å². The average molecular weight is 271 g/mol. The van der Waals surface area contributed by atoms with Gasteiger partial charge in [-0.25, -0.2) is 0 Å². The number of rotatable bonds is 3. The number of aliphatic hydroxyl groups is 1. The van der Waals surface area contributed by atoms with Gasteiger partial charge in [0, 0.05) is 31.0 Å². The summed E-state index contributed by atoms with van der Waals surface area (Å²) >= 11 is 0. The summed E-state index contributed by atoms with van der Waals surface area (Å²) in [6, 6.07) is 8.14. The van der Waals surface area contributed by atoms with Gasteiger partial charge in [0.2, 0.25) is 0 Å². The maximum absolute atomic E-state index is 9.41. The van der Waals surface area contributed by atoms with E-state index in [-0.39, 0.29) is 12.6 Å². The zero-order valence-corrected chi connectivity index (χ0v) is 11.2. The van der Waals surface area contributed by atoms with Crippen molar-refractivity contribution in [2.45, 2.75) is 12.6 Å². The summed E-state index contributed by atoms with van der Waals surface area (Å²) in [7, 11) is 0. The van der Waals surface area contributed by atoms with Crippen molar-refractivity contribution >= 4 is 5.52 Å². The molecule has 2 aromatic heterocycles. The number of pyridine rings is 1. The second kappa shape index (κ2) is 5.63. The Kier molecular flexibility index (Phi) is 3.70. The molecular weight excluding hydrogens is 254 g/mol. The topological polar surface area (TPSA) is 60.9 Å². The lowest BCUT2D eigenvalue weighted by Gasteiger charge is -2.34. The molecule has 0 spiro atoms. The molecule has 0 bridgehead atoms. The van der Waals surface area contributed by atoms with Crippen LogP contribution in [0.5, 0.6) is 0 Å². The molecule has 5 heteroatoms. The summed E-state index contributed by atoms with van der Waals surface area (Å²) in [5, 5.41) is 18.8. The van der Waals surface area contributed by atoms with Crippen LogP contribution in [0, 0.1) is 11.3 Å². The molecular formula is C15H17N3O2. The number of nitriles is 1. The molecule has 0 amide bonds. The third kappa shape index (κ3) is 2.29. The van der Waals surface area contributed by atoms with Crippen LogP contribution in [0.3, 0.4) is 0 Å². The molecule has 0 radical (unpaired) electrons. The summed E-state index contributed by atoms with van der Waals surface area (Å²) in [4.78, 5) is 2.18. The number of nitrogens with zero attached hydrogens (tertiary/aromatic N) is 3. The first-order chi connectivity index (χ1) is 9.83. The van der Waals surface area contributed by atoms with Gasteiger partial charge in [-0.2, -0.15) is 5.26 Å². The van der Waals surface area contributed by atoms with Crippen molar-refractivity contribution in [3.8, 4) is 6.07 Å².